The molecule has 32 heavy (non-hydrogen) atoms. The number of hydrogen-bond donors (Lipinski definition) is 2. The second-order valence-corrected chi connectivity index (χ2v) is 8.27. The van der Waals surface area contributed by atoms with Gasteiger partial charge in [0.15, 0.2) is 0 Å². The molecule has 0 spiro atoms. The van der Waals surface area contributed by atoms with Crippen molar-refractivity contribution in [2.24, 2.45) is 16.6 Å². The number of rotatable bonds is 5. The molecule has 166 valence electrons. The maximum Gasteiger partial charge on any atom is 0.270 e. The van der Waals surface area contributed by atoms with E-state index in [4.69, 9.17) is 5.73 Å². The summed E-state index contributed by atoms with van der Waals surface area (Å²) >= 11 is 0. The minimum Gasteiger partial charge on any atom is -0.342 e. The molecule has 7 heteroatoms. The van der Waals surface area contributed by atoms with Crippen LogP contribution in [0.3, 0.4) is 0 Å². The molecule has 5 nitrogen and oxygen atoms in total. The van der Waals surface area contributed by atoms with Crippen LogP contribution in [0.15, 0.2) is 53.6 Å². The molecule has 3 N–H and O–H groups in total. The van der Waals surface area contributed by atoms with Gasteiger partial charge in [-0.3, -0.25) is 9.79 Å². The number of nitrogens with zero attached hydrogens (tertiary/aromatic N) is 2. The number of nitrogens with one attached hydrogen (secondary N) is 1. The van der Waals surface area contributed by atoms with Gasteiger partial charge in [-0.05, 0) is 61.1 Å². The van der Waals surface area contributed by atoms with Crippen LogP contribution in [0.25, 0.3) is 17.3 Å². The SMILES string of the molecule is C=Cc1ccc(F)c(-c2cccc(C(=O)NC3CN=CC=C3C3CCCC(N)C3)n2)c1F. The summed E-state index contributed by atoms with van der Waals surface area (Å²) in [6.07, 6.45) is 9.05. The molecular weight excluding hydrogens is 410 g/mol. The van der Waals surface area contributed by atoms with Gasteiger partial charge in [-0.15, -0.1) is 0 Å². The summed E-state index contributed by atoms with van der Waals surface area (Å²) in [5.74, 6) is -1.62. The lowest BCUT2D eigenvalue weighted by atomic mass is 9.78. The van der Waals surface area contributed by atoms with Gasteiger partial charge in [0.1, 0.15) is 17.3 Å². The van der Waals surface area contributed by atoms with Gasteiger partial charge in [0.05, 0.1) is 23.8 Å². The summed E-state index contributed by atoms with van der Waals surface area (Å²) in [7, 11) is 0. The fourth-order valence-electron chi connectivity index (χ4n) is 4.50. The zero-order valence-electron chi connectivity index (χ0n) is 17.7. The van der Waals surface area contributed by atoms with Crippen molar-refractivity contribution in [2.75, 3.05) is 6.54 Å². The number of carbonyl (C=O) groups is 1. The molecule has 2 heterocycles. The lowest BCUT2D eigenvalue weighted by Gasteiger charge is -2.33. The largest absolute Gasteiger partial charge is 0.342 e. The van der Waals surface area contributed by atoms with Crippen LogP contribution in [0.1, 0.15) is 41.7 Å². The van der Waals surface area contributed by atoms with Crippen LogP contribution >= 0.6 is 0 Å². The average Bonchev–Trinajstić information content (AvgIpc) is 2.80. The molecule has 1 saturated carbocycles. The van der Waals surface area contributed by atoms with Crippen molar-refractivity contribution in [2.45, 2.75) is 37.8 Å². The van der Waals surface area contributed by atoms with Gasteiger partial charge < -0.3 is 11.1 Å². The van der Waals surface area contributed by atoms with Crippen LogP contribution in [-0.4, -0.2) is 35.7 Å². The smallest absolute Gasteiger partial charge is 0.270 e. The fraction of sp³-hybridized carbons (Fsp3) is 0.320. The van der Waals surface area contributed by atoms with Gasteiger partial charge in [0.2, 0.25) is 0 Å². The molecule has 1 amide bonds. The summed E-state index contributed by atoms with van der Waals surface area (Å²) in [6.45, 7) is 3.98. The predicted molar refractivity (Wildman–Crippen MR) is 122 cm³/mol. The highest BCUT2D eigenvalue weighted by molar-refractivity contribution is 5.93. The maximum absolute atomic E-state index is 14.7. The molecule has 1 aromatic heterocycles. The molecule has 0 saturated heterocycles. The van der Waals surface area contributed by atoms with E-state index in [2.05, 4.69) is 21.9 Å². The Morgan fingerprint density at radius 2 is 2.06 bits per heavy atom. The van der Waals surface area contributed by atoms with E-state index in [9.17, 15) is 13.6 Å². The summed E-state index contributed by atoms with van der Waals surface area (Å²) in [5, 5.41) is 3.00. The third kappa shape index (κ3) is 4.53. The van der Waals surface area contributed by atoms with Crippen molar-refractivity contribution in [1.29, 1.82) is 0 Å². The Balaban J connectivity index is 1.57. The first-order chi connectivity index (χ1) is 15.5. The zero-order chi connectivity index (χ0) is 22.7. The summed E-state index contributed by atoms with van der Waals surface area (Å²) in [5.41, 5.74) is 7.30. The van der Waals surface area contributed by atoms with E-state index in [1.165, 1.54) is 24.3 Å². The number of hydrogen-bond acceptors (Lipinski definition) is 4. The number of halogens is 2. The van der Waals surface area contributed by atoms with Crippen LogP contribution in [0.2, 0.25) is 0 Å². The number of aliphatic imine (C=N–C) groups is 1. The average molecular weight is 437 g/mol. The number of pyridine rings is 1. The number of nitrogens with two attached hydrogens (primary N) is 1. The second kappa shape index (κ2) is 9.53. The monoisotopic (exact) mass is 436 g/mol. The van der Waals surface area contributed by atoms with Crippen LogP contribution in [0, 0.1) is 17.6 Å². The minimum absolute atomic E-state index is 0.0482. The van der Waals surface area contributed by atoms with Gasteiger partial charge in [-0.1, -0.05) is 25.1 Å². The topological polar surface area (TPSA) is 80.4 Å². The fourth-order valence-corrected chi connectivity index (χ4v) is 4.50. The number of benzene rings is 1. The van der Waals surface area contributed by atoms with E-state index >= 15 is 0 Å². The van der Waals surface area contributed by atoms with E-state index in [1.54, 1.807) is 12.3 Å². The van der Waals surface area contributed by atoms with Crippen LogP contribution in [-0.2, 0) is 0 Å². The molecule has 0 radical (unpaired) electrons. The number of allylic oxidation sites excluding steroid dienone is 1. The Morgan fingerprint density at radius 1 is 1.22 bits per heavy atom. The molecule has 2 aromatic rings. The van der Waals surface area contributed by atoms with Crippen LogP contribution in [0.4, 0.5) is 8.78 Å². The first-order valence-electron chi connectivity index (χ1n) is 10.8. The van der Waals surface area contributed by atoms with Crippen molar-refractivity contribution in [3.63, 3.8) is 0 Å². The Morgan fingerprint density at radius 3 is 2.84 bits per heavy atom. The molecule has 3 unspecified atom stereocenters. The second-order valence-electron chi connectivity index (χ2n) is 8.27. The Kier molecular flexibility index (Phi) is 6.55. The third-order valence-electron chi connectivity index (χ3n) is 6.13. The van der Waals surface area contributed by atoms with Gasteiger partial charge in [-0.2, -0.15) is 0 Å². The van der Waals surface area contributed by atoms with Crippen molar-refractivity contribution < 1.29 is 13.6 Å². The first kappa shape index (κ1) is 22.0. The standard InChI is InChI=1S/C25H26F2N4O/c1-2-15-9-10-19(26)23(24(15)27)20-7-4-8-21(30-20)25(32)31-22-14-29-12-11-18(22)16-5-3-6-17(28)13-16/h2,4,7-12,16-17,22H,1,3,5-6,13-14,28H2,(H,31,32). The summed E-state index contributed by atoms with van der Waals surface area (Å²) in [4.78, 5) is 21.6. The molecule has 1 fully saturated rings. The zero-order valence-corrected chi connectivity index (χ0v) is 17.7. The molecule has 4 rings (SSSR count). The molecule has 3 atom stereocenters. The van der Waals surface area contributed by atoms with Gasteiger partial charge >= 0.3 is 0 Å². The van der Waals surface area contributed by atoms with Crippen molar-refractivity contribution in [3.8, 4) is 11.3 Å². The molecular formula is C25H26F2N4O. The van der Waals surface area contributed by atoms with Crippen molar-refractivity contribution >= 4 is 18.2 Å². The van der Waals surface area contributed by atoms with Crippen molar-refractivity contribution in [1.82, 2.24) is 10.3 Å². The Bertz CT molecular complexity index is 1100. The van der Waals surface area contributed by atoms with Gasteiger partial charge in [0, 0.05) is 17.8 Å². The maximum atomic E-state index is 14.7. The Hall–Kier alpha value is -3.19. The van der Waals surface area contributed by atoms with E-state index in [0.29, 0.717) is 12.5 Å². The van der Waals surface area contributed by atoms with Crippen LogP contribution in [0.5, 0.6) is 0 Å². The normalized spacial score (nSPS) is 22.8. The first-order valence-corrected chi connectivity index (χ1v) is 10.8. The highest BCUT2D eigenvalue weighted by atomic mass is 19.1. The molecule has 1 aliphatic carbocycles. The van der Waals surface area contributed by atoms with Gasteiger partial charge in [0.25, 0.3) is 5.91 Å². The minimum atomic E-state index is -0.759. The molecule has 1 aliphatic heterocycles. The third-order valence-corrected chi connectivity index (χ3v) is 6.13. The van der Waals surface area contributed by atoms with Crippen LogP contribution < -0.4 is 11.1 Å². The van der Waals surface area contributed by atoms with Gasteiger partial charge in [-0.25, -0.2) is 13.8 Å². The molecule has 1 aromatic carbocycles. The lowest BCUT2D eigenvalue weighted by molar-refractivity contribution is 0.0936. The highest BCUT2D eigenvalue weighted by Crippen LogP contribution is 2.32. The molecule has 0 bridgehead atoms. The molecule has 2 aliphatic rings. The number of dihydropyridines is 1. The van der Waals surface area contributed by atoms with E-state index in [-0.39, 0.29) is 34.6 Å². The predicted octanol–water partition coefficient (Wildman–Crippen LogP) is 4.30. The van der Waals surface area contributed by atoms with E-state index < -0.39 is 17.5 Å². The summed E-state index contributed by atoms with van der Waals surface area (Å²) in [6, 6.07) is 6.95. The lowest BCUT2D eigenvalue weighted by Crippen LogP contribution is -2.43. The highest BCUT2D eigenvalue weighted by Gasteiger charge is 2.29. The Labute approximate surface area is 186 Å². The quantitative estimate of drug-likeness (QED) is 0.734. The number of amides is 1. The number of carbonyl (C=O) groups excluding carboxylic acids is 1. The summed E-state index contributed by atoms with van der Waals surface area (Å²) < 4.78 is 29.1. The number of aromatic nitrogens is 1. The van der Waals surface area contributed by atoms with E-state index in [0.717, 1.165) is 37.3 Å². The van der Waals surface area contributed by atoms with Crippen molar-refractivity contribution in [3.05, 3.63) is 71.5 Å². The van der Waals surface area contributed by atoms with E-state index in [1.807, 2.05) is 6.08 Å².